The minimum Gasteiger partial charge on any atom is -0.267 e. The maximum atomic E-state index is 11.8. The zero-order valence-electron chi connectivity index (χ0n) is 10.7. The Hall–Kier alpha value is -2.73. The van der Waals surface area contributed by atoms with Gasteiger partial charge in [-0.3, -0.25) is 14.9 Å². The van der Waals surface area contributed by atoms with E-state index in [1.807, 2.05) is 0 Å². The molecule has 0 heterocycles. The molecule has 0 aromatic heterocycles. The summed E-state index contributed by atoms with van der Waals surface area (Å²) in [5, 5.41) is 14.7. The normalized spacial score (nSPS) is 10.5. The monoisotopic (exact) mass is 303 g/mol. The fraction of sp³-hybridized carbons (Fsp3) is 0. The van der Waals surface area contributed by atoms with E-state index in [1.165, 1.54) is 36.5 Å². The molecule has 0 saturated carbocycles. The molecule has 1 amide bonds. The molecular weight excluding hydrogens is 294 g/mol. The van der Waals surface area contributed by atoms with E-state index < -0.39 is 10.8 Å². The van der Waals surface area contributed by atoms with Crippen molar-refractivity contribution < 1.29 is 9.72 Å². The van der Waals surface area contributed by atoms with Crippen molar-refractivity contribution in [3.8, 4) is 0 Å². The number of halogens is 1. The van der Waals surface area contributed by atoms with E-state index in [0.29, 0.717) is 16.1 Å². The molecule has 0 aliphatic carbocycles. The van der Waals surface area contributed by atoms with Crippen LogP contribution in [0.4, 0.5) is 5.69 Å². The van der Waals surface area contributed by atoms with Gasteiger partial charge >= 0.3 is 0 Å². The van der Waals surface area contributed by atoms with Gasteiger partial charge in [0.05, 0.1) is 11.1 Å². The van der Waals surface area contributed by atoms with Crippen molar-refractivity contribution in [2.75, 3.05) is 0 Å². The number of nitro benzene ring substituents is 1. The summed E-state index contributed by atoms with van der Waals surface area (Å²) in [4.78, 5) is 21.8. The summed E-state index contributed by atoms with van der Waals surface area (Å²) in [6, 6.07) is 12.3. The fourth-order valence-electron chi connectivity index (χ4n) is 1.54. The SMILES string of the molecule is O=C(N/N=C/c1ccc([N+](=O)[O-])cc1)c1cccc(Cl)c1. The third kappa shape index (κ3) is 4.12. The van der Waals surface area contributed by atoms with E-state index in [0.717, 1.165) is 0 Å². The summed E-state index contributed by atoms with van der Waals surface area (Å²) in [5.41, 5.74) is 3.37. The highest BCUT2D eigenvalue weighted by Gasteiger charge is 2.04. The zero-order chi connectivity index (χ0) is 15.2. The van der Waals surface area contributed by atoms with Crippen LogP contribution < -0.4 is 5.43 Å². The lowest BCUT2D eigenvalue weighted by molar-refractivity contribution is -0.384. The van der Waals surface area contributed by atoms with Crippen molar-refractivity contribution in [3.63, 3.8) is 0 Å². The number of amides is 1. The molecule has 0 aliphatic rings. The average Bonchev–Trinajstić information content (AvgIpc) is 2.47. The molecule has 2 aromatic rings. The Morgan fingerprint density at radius 2 is 1.95 bits per heavy atom. The van der Waals surface area contributed by atoms with Crippen LogP contribution in [0.2, 0.25) is 5.02 Å². The maximum Gasteiger partial charge on any atom is 0.271 e. The van der Waals surface area contributed by atoms with E-state index in [9.17, 15) is 14.9 Å². The highest BCUT2D eigenvalue weighted by atomic mass is 35.5. The van der Waals surface area contributed by atoms with Crippen molar-refractivity contribution in [2.24, 2.45) is 5.10 Å². The largest absolute Gasteiger partial charge is 0.271 e. The van der Waals surface area contributed by atoms with E-state index in [2.05, 4.69) is 10.5 Å². The van der Waals surface area contributed by atoms with Crippen molar-refractivity contribution >= 4 is 29.4 Å². The Morgan fingerprint density at radius 3 is 2.57 bits per heavy atom. The first-order valence-corrected chi connectivity index (χ1v) is 6.27. The molecule has 0 spiro atoms. The lowest BCUT2D eigenvalue weighted by Gasteiger charge is -2.00. The van der Waals surface area contributed by atoms with Gasteiger partial charge in [0, 0.05) is 22.7 Å². The van der Waals surface area contributed by atoms with Gasteiger partial charge in [-0.15, -0.1) is 0 Å². The molecule has 6 nitrogen and oxygen atoms in total. The third-order valence-electron chi connectivity index (χ3n) is 2.57. The minimum atomic E-state index is -0.484. The second-order valence-electron chi connectivity index (χ2n) is 4.06. The first-order chi connectivity index (χ1) is 10.1. The van der Waals surface area contributed by atoms with E-state index in [4.69, 9.17) is 11.6 Å². The molecule has 0 fully saturated rings. The lowest BCUT2D eigenvalue weighted by atomic mass is 10.2. The molecule has 7 heteroatoms. The van der Waals surface area contributed by atoms with Crippen molar-refractivity contribution in [1.29, 1.82) is 0 Å². The van der Waals surface area contributed by atoms with Crippen LogP contribution in [0.5, 0.6) is 0 Å². The summed E-state index contributed by atoms with van der Waals surface area (Å²) in [6.07, 6.45) is 1.40. The van der Waals surface area contributed by atoms with E-state index in [1.54, 1.807) is 18.2 Å². The van der Waals surface area contributed by atoms with Crippen molar-refractivity contribution in [2.45, 2.75) is 0 Å². The first kappa shape index (κ1) is 14.7. The van der Waals surface area contributed by atoms with Gasteiger partial charge in [-0.05, 0) is 35.9 Å². The van der Waals surface area contributed by atoms with E-state index >= 15 is 0 Å². The van der Waals surface area contributed by atoms with Crippen LogP contribution in [0.1, 0.15) is 15.9 Å². The number of non-ortho nitro benzene ring substituents is 1. The van der Waals surface area contributed by atoms with Crippen LogP contribution in [0, 0.1) is 10.1 Å². The minimum absolute atomic E-state index is 0.00452. The number of nitro groups is 1. The standard InChI is InChI=1S/C14H10ClN3O3/c15-12-3-1-2-11(8-12)14(19)17-16-9-10-4-6-13(7-5-10)18(20)21/h1-9H,(H,17,19)/b16-9+. The van der Waals surface area contributed by atoms with Gasteiger partial charge in [-0.1, -0.05) is 17.7 Å². The number of carbonyl (C=O) groups excluding carboxylic acids is 1. The van der Waals surface area contributed by atoms with Crippen LogP contribution in [0.25, 0.3) is 0 Å². The van der Waals surface area contributed by atoms with Gasteiger partial charge in [0.15, 0.2) is 0 Å². The maximum absolute atomic E-state index is 11.8. The fourth-order valence-corrected chi connectivity index (χ4v) is 1.73. The molecule has 0 aliphatic heterocycles. The Bertz CT molecular complexity index is 699. The predicted octanol–water partition coefficient (Wildman–Crippen LogP) is 3.01. The highest BCUT2D eigenvalue weighted by molar-refractivity contribution is 6.30. The van der Waals surface area contributed by atoms with Crippen LogP contribution in [0.15, 0.2) is 53.6 Å². The van der Waals surface area contributed by atoms with Gasteiger partial charge in [0.25, 0.3) is 11.6 Å². The molecule has 1 N–H and O–H groups in total. The second kappa shape index (κ2) is 6.62. The number of nitrogens with zero attached hydrogens (tertiary/aromatic N) is 2. The summed E-state index contributed by atoms with van der Waals surface area (Å²) < 4.78 is 0. The smallest absolute Gasteiger partial charge is 0.267 e. The number of rotatable bonds is 4. The number of hydrogen-bond donors (Lipinski definition) is 1. The predicted molar refractivity (Wildman–Crippen MR) is 79.6 cm³/mol. The molecule has 0 saturated heterocycles. The number of carbonyl (C=O) groups is 1. The molecule has 0 bridgehead atoms. The van der Waals surface area contributed by atoms with Crippen LogP contribution in [-0.2, 0) is 0 Å². The Labute approximate surface area is 125 Å². The molecule has 0 atom stereocenters. The summed E-state index contributed by atoms with van der Waals surface area (Å²) >= 11 is 5.79. The lowest BCUT2D eigenvalue weighted by Crippen LogP contribution is -2.17. The number of hydrazone groups is 1. The number of benzene rings is 2. The Morgan fingerprint density at radius 1 is 1.24 bits per heavy atom. The van der Waals surface area contributed by atoms with Gasteiger partial charge in [0.1, 0.15) is 0 Å². The highest BCUT2D eigenvalue weighted by Crippen LogP contribution is 2.11. The average molecular weight is 304 g/mol. The summed E-state index contributed by atoms with van der Waals surface area (Å²) in [7, 11) is 0. The number of hydrogen-bond acceptors (Lipinski definition) is 4. The van der Waals surface area contributed by atoms with Gasteiger partial charge in [-0.2, -0.15) is 5.10 Å². The van der Waals surface area contributed by atoms with Gasteiger partial charge < -0.3 is 0 Å². The Balaban J connectivity index is 1.99. The van der Waals surface area contributed by atoms with E-state index in [-0.39, 0.29) is 5.69 Å². The first-order valence-electron chi connectivity index (χ1n) is 5.90. The molecule has 106 valence electrons. The van der Waals surface area contributed by atoms with Crippen molar-refractivity contribution in [1.82, 2.24) is 5.43 Å². The van der Waals surface area contributed by atoms with Gasteiger partial charge in [0.2, 0.25) is 0 Å². The summed E-state index contributed by atoms with van der Waals surface area (Å²) in [6.45, 7) is 0. The summed E-state index contributed by atoms with van der Waals surface area (Å²) in [5.74, 6) is -0.393. The molecule has 2 rings (SSSR count). The van der Waals surface area contributed by atoms with Crippen molar-refractivity contribution in [3.05, 3.63) is 74.8 Å². The molecular formula is C14H10ClN3O3. The topological polar surface area (TPSA) is 84.6 Å². The molecule has 0 unspecified atom stereocenters. The molecule has 0 radical (unpaired) electrons. The van der Waals surface area contributed by atoms with Crippen LogP contribution >= 0.6 is 11.6 Å². The van der Waals surface area contributed by atoms with Crippen LogP contribution in [0.3, 0.4) is 0 Å². The van der Waals surface area contributed by atoms with Gasteiger partial charge in [-0.25, -0.2) is 5.43 Å². The third-order valence-corrected chi connectivity index (χ3v) is 2.81. The molecule has 21 heavy (non-hydrogen) atoms. The quantitative estimate of drug-likeness (QED) is 0.535. The number of nitrogens with one attached hydrogen (secondary N) is 1. The van der Waals surface area contributed by atoms with Crippen LogP contribution in [-0.4, -0.2) is 17.0 Å². The second-order valence-corrected chi connectivity index (χ2v) is 4.49. The molecule has 2 aromatic carbocycles. The Kier molecular flexibility index (Phi) is 4.63. The zero-order valence-corrected chi connectivity index (χ0v) is 11.4.